The Morgan fingerprint density at radius 1 is 1.03 bits per heavy atom. The van der Waals surface area contributed by atoms with Crippen molar-refractivity contribution in [3.8, 4) is 11.5 Å². The number of hydrogen-bond donors (Lipinski definition) is 1. The van der Waals surface area contributed by atoms with Crippen LogP contribution in [0.15, 0.2) is 47.4 Å². The molecule has 1 amide bonds. The molecule has 0 aliphatic carbocycles. The number of likely N-dealkylation sites (tertiary alicyclic amines) is 1. The van der Waals surface area contributed by atoms with Crippen LogP contribution < -0.4 is 14.2 Å². The number of benzene rings is 2. The Kier molecular flexibility index (Phi) is 6.22. The molecule has 1 N–H and O–H groups in total. The molecule has 0 bridgehead atoms. The molecular formula is C22H24N2O7S. The molecule has 32 heavy (non-hydrogen) atoms. The number of rotatable bonds is 6. The molecule has 0 aromatic heterocycles. The third kappa shape index (κ3) is 4.80. The van der Waals surface area contributed by atoms with Gasteiger partial charge in [-0.25, -0.2) is 13.2 Å². The Bertz CT molecular complexity index is 1130. The third-order valence-corrected chi connectivity index (χ3v) is 6.60. The second-order valence-corrected chi connectivity index (χ2v) is 9.25. The van der Waals surface area contributed by atoms with Gasteiger partial charge >= 0.3 is 5.97 Å². The Morgan fingerprint density at radius 2 is 1.75 bits per heavy atom. The van der Waals surface area contributed by atoms with Gasteiger partial charge in [0.1, 0.15) is 13.2 Å². The molecule has 2 heterocycles. The highest BCUT2D eigenvalue weighted by Crippen LogP contribution is 2.32. The maximum atomic E-state index is 12.8. The van der Waals surface area contributed by atoms with Crippen LogP contribution in [-0.2, 0) is 19.6 Å². The van der Waals surface area contributed by atoms with E-state index in [2.05, 4.69) is 4.72 Å². The van der Waals surface area contributed by atoms with Crippen molar-refractivity contribution >= 4 is 27.6 Å². The van der Waals surface area contributed by atoms with E-state index in [1.54, 1.807) is 4.90 Å². The Balaban J connectivity index is 1.45. The van der Waals surface area contributed by atoms with Gasteiger partial charge in [-0.1, -0.05) is 6.07 Å². The molecule has 0 radical (unpaired) electrons. The molecule has 1 atom stereocenters. The summed E-state index contributed by atoms with van der Waals surface area (Å²) in [6, 6.07) is 10.3. The van der Waals surface area contributed by atoms with Gasteiger partial charge in [0.25, 0.3) is 15.9 Å². The average Bonchev–Trinajstić information content (AvgIpc) is 3.33. The van der Waals surface area contributed by atoms with Gasteiger partial charge in [-0.15, -0.1) is 0 Å². The lowest BCUT2D eigenvalue weighted by molar-refractivity contribution is -0.138. The number of nitrogens with zero attached hydrogens (tertiary/aromatic N) is 1. The molecule has 0 saturated carbocycles. The summed E-state index contributed by atoms with van der Waals surface area (Å²) in [6.45, 7) is 3.61. The number of hydrogen-bond acceptors (Lipinski definition) is 7. The van der Waals surface area contributed by atoms with Gasteiger partial charge < -0.3 is 19.1 Å². The fourth-order valence-electron chi connectivity index (χ4n) is 3.59. The highest BCUT2D eigenvalue weighted by molar-refractivity contribution is 7.92. The minimum Gasteiger partial charge on any atom is -0.486 e. The minimum atomic E-state index is -3.94. The number of anilines is 1. The maximum absolute atomic E-state index is 12.8. The van der Waals surface area contributed by atoms with E-state index in [0.29, 0.717) is 37.8 Å². The second kappa shape index (κ2) is 9.07. The van der Waals surface area contributed by atoms with Crippen molar-refractivity contribution in [2.24, 2.45) is 0 Å². The maximum Gasteiger partial charge on any atom is 0.338 e. The Hall–Kier alpha value is -3.27. The van der Waals surface area contributed by atoms with Crippen molar-refractivity contribution in [3.63, 3.8) is 0 Å². The van der Waals surface area contributed by atoms with E-state index in [1.165, 1.54) is 49.4 Å². The number of carbonyl (C=O) groups is 2. The second-order valence-electron chi connectivity index (χ2n) is 7.57. The fraction of sp³-hybridized carbons (Fsp3) is 0.364. The molecule has 4 rings (SSSR count). The average molecular weight is 461 g/mol. The van der Waals surface area contributed by atoms with E-state index in [4.69, 9.17) is 14.2 Å². The van der Waals surface area contributed by atoms with Crippen LogP contribution in [0.3, 0.4) is 0 Å². The molecule has 2 aliphatic heterocycles. The molecule has 9 nitrogen and oxygen atoms in total. The van der Waals surface area contributed by atoms with Gasteiger partial charge in [-0.3, -0.25) is 9.52 Å². The number of sulfonamides is 1. The first-order valence-corrected chi connectivity index (χ1v) is 11.8. The number of esters is 1. The predicted octanol–water partition coefficient (Wildman–Crippen LogP) is 2.43. The summed E-state index contributed by atoms with van der Waals surface area (Å²) in [6.07, 6.45) is 0.967. The molecule has 1 saturated heterocycles. The van der Waals surface area contributed by atoms with E-state index >= 15 is 0 Å². The van der Waals surface area contributed by atoms with Gasteiger partial charge in [0, 0.05) is 24.8 Å². The van der Waals surface area contributed by atoms with Crippen LogP contribution in [-0.4, -0.2) is 57.6 Å². The summed E-state index contributed by atoms with van der Waals surface area (Å²) in [5.41, 5.74) is 0.321. The summed E-state index contributed by atoms with van der Waals surface area (Å²) in [5, 5.41) is 0. The summed E-state index contributed by atoms with van der Waals surface area (Å²) in [4.78, 5) is 26.6. The topological polar surface area (TPSA) is 111 Å². The van der Waals surface area contributed by atoms with Crippen molar-refractivity contribution in [1.82, 2.24) is 4.90 Å². The number of ether oxygens (including phenoxy) is 3. The standard InChI is InChI=1S/C22H24N2O7S/c1-15(21(25)24-9-2-3-10-24)31-22(26)16-5-4-6-17(13-16)23-32(27,28)18-7-8-19-20(14-18)30-12-11-29-19/h4-8,13-15,23H,2-3,9-12H2,1H3/t15-/m0/s1. The van der Waals surface area contributed by atoms with Gasteiger partial charge in [0.15, 0.2) is 17.6 Å². The van der Waals surface area contributed by atoms with Crippen LogP contribution in [0, 0.1) is 0 Å². The van der Waals surface area contributed by atoms with Crippen molar-refractivity contribution in [1.29, 1.82) is 0 Å². The van der Waals surface area contributed by atoms with Gasteiger partial charge in [0.05, 0.1) is 10.5 Å². The zero-order valence-electron chi connectivity index (χ0n) is 17.6. The van der Waals surface area contributed by atoms with Crippen LogP contribution in [0.4, 0.5) is 5.69 Å². The molecule has 1 fully saturated rings. The first-order valence-electron chi connectivity index (χ1n) is 10.4. The third-order valence-electron chi connectivity index (χ3n) is 5.22. The van der Waals surface area contributed by atoms with E-state index in [0.717, 1.165) is 12.8 Å². The monoisotopic (exact) mass is 460 g/mol. The van der Waals surface area contributed by atoms with Crippen molar-refractivity contribution in [2.75, 3.05) is 31.0 Å². The molecule has 0 spiro atoms. The smallest absolute Gasteiger partial charge is 0.338 e. The van der Waals surface area contributed by atoms with Crippen LogP contribution in [0.25, 0.3) is 0 Å². The molecule has 2 aliphatic rings. The van der Waals surface area contributed by atoms with Crippen LogP contribution in [0.2, 0.25) is 0 Å². The summed E-state index contributed by atoms with van der Waals surface area (Å²) >= 11 is 0. The molecule has 2 aromatic rings. The lowest BCUT2D eigenvalue weighted by atomic mass is 10.2. The Labute approximate surface area is 186 Å². The van der Waals surface area contributed by atoms with E-state index < -0.39 is 22.1 Å². The zero-order valence-corrected chi connectivity index (χ0v) is 18.4. The molecule has 0 unspecified atom stereocenters. The van der Waals surface area contributed by atoms with Crippen molar-refractivity contribution in [2.45, 2.75) is 30.8 Å². The zero-order chi connectivity index (χ0) is 22.7. The van der Waals surface area contributed by atoms with Gasteiger partial charge in [-0.2, -0.15) is 0 Å². The first-order chi connectivity index (χ1) is 15.3. The van der Waals surface area contributed by atoms with Crippen molar-refractivity contribution < 1.29 is 32.2 Å². The number of fused-ring (bicyclic) bond motifs is 1. The van der Waals surface area contributed by atoms with E-state index in [1.807, 2.05) is 0 Å². The fourth-order valence-corrected chi connectivity index (χ4v) is 4.65. The predicted molar refractivity (Wildman–Crippen MR) is 115 cm³/mol. The highest BCUT2D eigenvalue weighted by atomic mass is 32.2. The largest absolute Gasteiger partial charge is 0.486 e. The minimum absolute atomic E-state index is 0.000406. The summed E-state index contributed by atoms with van der Waals surface area (Å²) in [7, 11) is -3.94. The first kappa shape index (κ1) is 21.9. The van der Waals surface area contributed by atoms with Gasteiger partial charge in [0.2, 0.25) is 0 Å². The van der Waals surface area contributed by atoms with Crippen molar-refractivity contribution in [3.05, 3.63) is 48.0 Å². The molecular weight excluding hydrogens is 436 g/mol. The summed E-state index contributed by atoms with van der Waals surface area (Å²) in [5.74, 6) is -0.0950. The molecule has 10 heteroatoms. The number of nitrogens with one attached hydrogen (secondary N) is 1. The Morgan fingerprint density at radius 3 is 2.50 bits per heavy atom. The van der Waals surface area contributed by atoms with Crippen LogP contribution in [0.1, 0.15) is 30.1 Å². The number of carbonyl (C=O) groups excluding carboxylic acids is 2. The molecule has 170 valence electrons. The van der Waals surface area contributed by atoms with E-state index in [-0.39, 0.29) is 22.1 Å². The number of amides is 1. The quantitative estimate of drug-likeness (QED) is 0.659. The van der Waals surface area contributed by atoms with Gasteiger partial charge in [-0.05, 0) is 50.1 Å². The normalized spacial score (nSPS) is 16.3. The molecule has 2 aromatic carbocycles. The summed E-state index contributed by atoms with van der Waals surface area (Å²) < 4.78 is 44.2. The lowest BCUT2D eigenvalue weighted by Crippen LogP contribution is -2.38. The van der Waals surface area contributed by atoms with Crippen LogP contribution >= 0.6 is 0 Å². The lowest BCUT2D eigenvalue weighted by Gasteiger charge is -2.20. The highest BCUT2D eigenvalue weighted by Gasteiger charge is 2.26. The van der Waals surface area contributed by atoms with Crippen LogP contribution in [0.5, 0.6) is 11.5 Å². The van der Waals surface area contributed by atoms with E-state index in [9.17, 15) is 18.0 Å². The SMILES string of the molecule is C[C@H](OC(=O)c1cccc(NS(=O)(=O)c2ccc3c(c2)OCCO3)c1)C(=O)N1CCCC1.